The van der Waals surface area contributed by atoms with E-state index in [0.717, 1.165) is 56.7 Å². The summed E-state index contributed by atoms with van der Waals surface area (Å²) in [4.78, 5) is 24.1. The molecule has 8 heteroatoms. The molecular weight excluding hydrogens is 366 g/mol. The number of carbonyl (C=O) groups is 1. The quantitative estimate of drug-likeness (QED) is 0.785. The molecule has 1 saturated heterocycles. The number of carbonyl (C=O) groups excluding carboxylic acids is 1. The van der Waals surface area contributed by atoms with Crippen LogP contribution >= 0.6 is 0 Å². The van der Waals surface area contributed by atoms with Gasteiger partial charge in [0, 0.05) is 51.4 Å². The second kappa shape index (κ2) is 8.10. The van der Waals surface area contributed by atoms with Gasteiger partial charge in [-0.15, -0.1) is 10.2 Å². The number of aromatic nitrogens is 4. The Labute approximate surface area is 172 Å². The molecule has 8 nitrogen and oxygen atoms in total. The Morgan fingerprint density at radius 2 is 1.79 bits per heavy atom. The molecule has 2 atom stereocenters. The van der Waals surface area contributed by atoms with E-state index in [1.54, 1.807) is 0 Å². The summed E-state index contributed by atoms with van der Waals surface area (Å²) >= 11 is 0. The van der Waals surface area contributed by atoms with Crippen molar-refractivity contribution in [1.29, 1.82) is 0 Å². The third-order valence-electron chi connectivity index (χ3n) is 6.20. The van der Waals surface area contributed by atoms with Crippen LogP contribution in [0.1, 0.15) is 51.3 Å². The number of nitrogens with zero attached hydrogens (tertiary/aromatic N) is 7. The molecule has 0 spiro atoms. The Morgan fingerprint density at radius 1 is 1.03 bits per heavy atom. The highest BCUT2D eigenvalue weighted by atomic mass is 16.2. The number of hydrogen-bond donors (Lipinski definition) is 0. The summed E-state index contributed by atoms with van der Waals surface area (Å²) in [5, 5.41) is 8.83. The van der Waals surface area contributed by atoms with Crippen LogP contribution in [0.4, 0.5) is 5.82 Å². The van der Waals surface area contributed by atoms with E-state index < -0.39 is 0 Å². The van der Waals surface area contributed by atoms with E-state index in [0.29, 0.717) is 5.92 Å². The zero-order chi connectivity index (χ0) is 20.5. The summed E-state index contributed by atoms with van der Waals surface area (Å²) in [7, 11) is 0. The van der Waals surface area contributed by atoms with Crippen molar-refractivity contribution in [3.8, 4) is 0 Å². The van der Waals surface area contributed by atoms with Crippen LogP contribution in [0.2, 0.25) is 0 Å². The van der Waals surface area contributed by atoms with Crippen molar-refractivity contribution in [2.45, 2.75) is 52.2 Å². The predicted octanol–water partition coefficient (Wildman–Crippen LogP) is 1.91. The van der Waals surface area contributed by atoms with Crippen LogP contribution in [0.3, 0.4) is 0 Å². The molecule has 2 aromatic heterocycles. The fourth-order valence-electron chi connectivity index (χ4n) is 4.48. The van der Waals surface area contributed by atoms with Gasteiger partial charge in [-0.3, -0.25) is 9.69 Å². The van der Waals surface area contributed by atoms with Crippen molar-refractivity contribution < 1.29 is 4.79 Å². The Bertz CT molecular complexity index is 842. The zero-order valence-electron chi connectivity index (χ0n) is 17.8. The van der Waals surface area contributed by atoms with Crippen LogP contribution in [-0.4, -0.2) is 74.2 Å². The van der Waals surface area contributed by atoms with E-state index in [9.17, 15) is 4.79 Å². The highest BCUT2D eigenvalue weighted by Gasteiger charge is 2.36. The first-order chi connectivity index (χ1) is 14.0. The van der Waals surface area contributed by atoms with Gasteiger partial charge in [-0.1, -0.05) is 19.9 Å². The van der Waals surface area contributed by atoms with E-state index in [-0.39, 0.29) is 18.0 Å². The van der Waals surface area contributed by atoms with Crippen LogP contribution in [0, 0.1) is 0 Å². The molecule has 29 heavy (non-hydrogen) atoms. The van der Waals surface area contributed by atoms with Gasteiger partial charge in [0.05, 0.1) is 12.1 Å². The zero-order valence-corrected chi connectivity index (χ0v) is 17.8. The van der Waals surface area contributed by atoms with E-state index in [1.807, 2.05) is 36.2 Å². The molecule has 0 saturated carbocycles. The normalized spacial score (nSPS) is 21.3. The molecule has 4 rings (SSSR count). The van der Waals surface area contributed by atoms with E-state index in [1.165, 1.54) is 0 Å². The second-order valence-electron chi connectivity index (χ2n) is 8.31. The largest absolute Gasteiger partial charge is 0.353 e. The fourth-order valence-corrected chi connectivity index (χ4v) is 4.48. The molecule has 0 bridgehead atoms. The predicted molar refractivity (Wildman–Crippen MR) is 112 cm³/mol. The van der Waals surface area contributed by atoms with E-state index in [2.05, 4.69) is 50.3 Å². The SMILES string of the molecule is CC(C)c1nnc2n1CCN(C(C)C(=O)N1CCN(c3ccccn3)CC1)C2C. The molecular formula is C21H31N7O. The van der Waals surface area contributed by atoms with Crippen LogP contribution in [0.25, 0.3) is 0 Å². The van der Waals surface area contributed by atoms with Crippen molar-refractivity contribution >= 4 is 11.7 Å². The highest BCUT2D eigenvalue weighted by molar-refractivity contribution is 5.81. The first kappa shape index (κ1) is 19.8. The summed E-state index contributed by atoms with van der Waals surface area (Å²) < 4.78 is 2.23. The minimum atomic E-state index is -0.167. The van der Waals surface area contributed by atoms with Gasteiger partial charge in [0.1, 0.15) is 17.5 Å². The second-order valence-corrected chi connectivity index (χ2v) is 8.31. The number of fused-ring (bicyclic) bond motifs is 1. The third kappa shape index (κ3) is 3.73. The minimum Gasteiger partial charge on any atom is -0.353 e. The maximum absolute atomic E-state index is 13.2. The number of hydrogen-bond acceptors (Lipinski definition) is 6. The molecule has 0 radical (unpaired) electrons. The fraction of sp³-hybridized carbons (Fsp3) is 0.619. The van der Waals surface area contributed by atoms with Gasteiger partial charge in [-0.25, -0.2) is 4.98 Å². The molecule has 1 fully saturated rings. The van der Waals surface area contributed by atoms with Crippen molar-refractivity contribution in [3.63, 3.8) is 0 Å². The average Bonchev–Trinajstić information content (AvgIpc) is 3.19. The van der Waals surface area contributed by atoms with Gasteiger partial charge in [-0.2, -0.15) is 0 Å². The molecule has 156 valence electrons. The summed E-state index contributed by atoms with van der Waals surface area (Å²) in [6.07, 6.45) is 1.82. The average molecular weight is 398 g/mol. The third-order valence-corrected chi connectivity index (χ3v) is 6.20. The Balaban J connectivity index is 1.39. The molecule has 1 amide bonds. The standard InChI is InChI=1S/C21H31N7O/c1-15(2)19-23-24-20-16(3)27(13-14-28(19)20)17(4)21(29)26-11-9-25(10-12-26)18-7-5-6-8-22-18/h5-8,15-17H,9-14H2,1-4H3. The molecule has 2 aromatic rings. The highest BCUT2D eigenvalue weighted by Crippen LogP contribution is 2.29. The van der Waals surface area contributed by atoms with Gasteiger partial charge in [0.15, 0.2) is 0 Å². The Kier molecular flexibility index (Phi) is 5.54. The lowest BCUT2D eigenvalue weighted by molar-refractivity contribution is -0.138. The van der Waals surface area contributed by atoms with Crippen molar-refractivity contribution in [2.24, 2.45) is 0 Å². The maximum Gasteiger partial charge on any atom is 0.239 e. The number of pyridine rings is 1. The number of amides is 1. The van der Waals surface area contributed by atoms with Crippen LogP contribution in [0.5, 0.6) is 0 Å². The number of piperazine rings is 1. The molecule has 4 heterocycles. The van der Waals surface area contributed by atoms with Gasteiger partial charge in [0.25, 0.3) is 0 Å². The van der Waals surface area contributed by atoms with Crippen molar-refractivity contribution in [1.82, 2.24) is 29.5 Å². The molecule has 0 aromatic carbocycles. The van der Waals surface area contributed by atoms with Gasteiger partial charge < -0.3 is 14.4 Å². The summed E-state index contributed by atoms with van der Waals surface area (Å²) in [5.41, 5.74) is 0. The molecule has 2 aliphatic rings. The summed E-state index contributed by atoms with van der Waals surface area (Å²) in [5.74, 6) is 3.55. The topological polar surface area (TPSA) is 70.4 Å². The first-order valence-electron chi connectivity index (χ1n) is 10.6. The number of rotatable bonds is 4. The molecule has 0 aliphatic carbocycles. The lowest BCUT2D eigenvalue weighted by Gasteiger charge is -2.41. The van der Waals surface area contributed by atoms with Crippen molar-refractivity contribution in [3.05, 3.63) is 36.0 Å². The number of anilines is 1. The van der Waals surface area contributed by atoms with Crippen LogP contribution in [-0.2, 0) is 11.3 Å². The van der Waals surface area contributed by atoms with Crippen molar-refractivity contribution in [2.75, 3.05) is 37.6 Å². The molecule has 2 unspecified atom stereocenters. The molecule has 0 N–H and O–H groups in total. The lowest BCUT2D eigenvalue weighted by atomic mass is 10.1. The lowest BCUT2D eigenvalue weighted by Crippen LogP contribution is -2.55. The summed E-state index contributed by atoms with van der Waals surface area (Å²) in [6, 6.07) is 5.87. The van der Waals surface area contributed by atoms with Crippen LogP contribution in [0.15, 0.2) is 24.4 Å². The maximum atomic E-state index is 13.2. The van der Waals surface area contributed by atoms with E-state index >= 15 is 0 Å². The summed E-state index contributed by atoms with van der Waals surface area (Å²) in [6.45, 7) is 13.2. The smallest absolute Gasteiger partial charge is 0.239 e. The molecule has 2 aliphatic heterocycles. The Hall–Kier alpha value is -2.48. The minimum absolute atomic E-state index is 0.0810. The van der Waals surface area contributed by atoms with Crippen LogP contribution < -0.4 is 4.90 Å². The first-order valence-corrected chi connectivity index (χ1v) is 10.6. The Morgan fingerprint density at radius 3 is 2.45 bits per heavy atom. The monoisotopic (exact) mass is 397 g/mol. The van der Waals surface area contributed by atoms with Gasteiger partial charge >= 0.3 is 0 Å². The van der Waals surface area contributed by atoms with Gasteiger partial charge in [0.2, 0.25) is 5.91 Å². The van der Waals surface area contributed by atoms with E-state index in [4.69, 9.17) is 0 Å². The van der Waals surface area contributed by atoms with Gasteiger partial charge in [-0.05, 0) is 26.0 Å².